The number of sulfonamides is 1. The molecule has 2 N–H and O–H groups in total. The molecule has 180 valence electrons. The first-order chi connectivity index (χ1) is 16.9. The van der Waals surface area contributed by atoms with Crippen molar-refractivity contribution in [3.63, 3.8) is 0 Å². The van der Waals surface area contributed by atoms with Crippen molar-refractivity contribution < 1.29 is 26.8 Å². The number of ether oxygens (including phenoxy) is 1. The quantitative estimate of drug-likeness (QED) is 0.328. The van der Waals surface area contributed by atoms with Gasteiger partial charge in [0.2, 0.25) is 0 Å². The summed E-state index contributed by atoms with van der Waals surface area (Å²) in [5.74, 6) is -0.146. The molecule has 0 unspecified atom stereocenters. The first-order valence-corrected chi connectivity index (χ1v) is 12.2. The van der Waals surface area contributed by atoms with E-state index in [1.54, 1.807) is 12.3 Å². The van der Waals surface area contributed by atoms with Crippen LogP contribution in [-0.4, -0.2) is 14.3 Å². The molecule has 35 heavy (non-hydrogen) atoms. The SMILES string of the molecule is O=C(NCc1cccc(COCc2ccco2)c1)c1cccc(S(=O)(=O)Nc2ccc(F)cc2)c1. The van der Waals surface area contributed by atoms with Crippen LogP contribution in [0.1, 0.15) is 27.2 Å². The van der Waals surface area contributed by atoms with Gasteiger partial charge in [-0.25, -0.2) is 12.8 Å². The van der Waals surface area contributed by atoms with Gasteiger partial charge in [0.05, 0.1) is 17.8 Å². The number of halogens is 1. The number of furan rings is 1. The van der Waals surface area contributed by atoms with Gasteiger partial charge in [0.1, 0.15) is 18.2 Å². The van der Waals surface area contributed by atoms with Crippen molar-refractivity contribution in [3.05, 3.63) is 119 Å². The molecule has 0 saturated heterocycles. The molecule has 0 spiro atoms. The third-order valence-electron chi connectivity index (χ3n) is 5.04. The lowest BCUT2D eigenvalue weighted by Gasteiger charge is -2.10. The van der Waals surface area contributed by atoms with Gasteiger partial charge in [0.15, 0.2) is 0 Å². The number of rotatable bonds is 10. The summed E-state index contributed by atoms with van der Waals surface area (Å²) >= 11 is 0. The van der Waals surface area contributed by atoms with Crippen molar-refractivity contribution in [2.45, 2.75) is 24.7 Å². The van der Waals surface area contributed by atoms with Gasteiger partial charge < -0.3 is 14.5 Å². The molecular weight excluding hydrogens is 471 g/mol. The highest BCUT2D eigenvalue weighted by Crippen LogP contribution is 2.18. The zero-order valence-electron chi connectivity index (χ0n) is 18.6. The number of carbonyl (C=O) groups is 1. The number of amides is 1. The summed E-state index contributed by atoms with van der Waals surface area (Å²) < 4.78 is 51.7. The third kappa shape index (κ3) is 6.78. The van der Waals surface area contributed by atoms with Gasteiger partial charge in [-0.05, 0) is 65.7 Å². The van der Waals surface area contributed by atoms with E-state index in [1.165, 1.54) is 36.4 Å². The Bertz CT molecular complexity index is 1390. The molecule has 4 aromatic rings. The summed E-state index contributed by atoms with van der Waals surface area (Å²) in [7, 11) is -3.95. The Morgan fingerprint density at radius 2 is 1.66 bits per heavy atom. The molecule has 0 atom stereocenters. The highest BCUT2D eigenvalue weighted by Gasteiger charge is 2.16. The van der Waals surface area contributed by atoms with Gasteiger partial charge in [0, 0.05) is 17.8 Å². The van der Waals surface area contributed by atoms with Crippen LogP contribution in [0.4, 0.5) is 10.1 Å². The molecule has 3 aromatic carbocycles. The molecule has 0 aliphatic carbocycles. The van der Waals surface area contributed by atoms with Crippen LogP contribution in [0.2, 0.25) is 0 Å². The number of nitrogens with one attached hydrogen (secondary N) is 2. The monoisotopic (exact) mass is 494 g/mol. The Hall–Kier alpha value is -3.95. The van der Waals surface area contributed by atoms with Crippen LogP contribution in [0.3, 0.4) is 0 Å². The molecule has 0 radical (unpaired) electrons. The molecule has 4 rings (SSSR count). The van der Waals surface area contributed by atoms with Gasteiger partial charge >= 0.3 is 0 Å². The Kier molecular flexibility index (Phi) is 7.59. The van der Waals surface area contributed by atoms with Crippen molar-refractivity contribution >= 4 is 21.6 Å². The molecule has 0 bridgehead atoms. The molecule has 0 aliphatic heterocycles. The lowest BCUT2D eigenvalue weighted by atomic mass is 10.1. The Labute approximate surface area is 202 Å². The van der Waals surface area contributed by atoms with E-state index in [2.05, 4.69) is 10.0 Å². The fourth-order valence-electron chi connectivity index (χ4n) is 3.31. The second-order valence-electron chi connectivity index (χ2n) is 7.72. The van der Waals surface area contributed by atoms with Crippen molar-refractivity contribution in [2.24, 2.45) is 0 Å². The van der Waals surface area contributed by atoms with E-state index in [0.29, 0.717) is 13.2 Å². The van der Waals surface area contributed by atoms with Crippen molar-refractivity contribution in [1.29, 1.82) is 0 Å². The molecule has 1 aromatic heterocycles. The number of carbonyl (C=O) groups excluding carboxylic acids is 1. The summed E-state index contributed by atoms with van der Waals surface area (Å²) in [5.41, 5.74) is 2.24. The van der Waals surface area contributed by atoms with Crippen molar-refractivity contribution in [1.82, 2.24) is 5.32 Å². The van der Waals surface area contributed by atoms with Crippen molar-refractivity contribution in [3.8, 4) is 0 Å². The highest BCUT2D eigenvalue weighted by molar-refractivity contribution is 7.92. The van der Waals surface area contributed by atoms with Gasteiger partial charge in [-0.2, -0.15) is 0 Å². The zero-order chi connectivity index (χ0) is 24.7. The normalized spacial score (nSPS) is 11.2. The van der Waals surface area contributed by atoms with Gasteiger partial charge in [-0.15, -0.1) is 0 Å². The van der Waals surface area contributed by atoms with E-state index >= 15 is 0 Å². The molecule has 9 heteroatoms. The maximum absolute atomic E-state index is 13.1. The fraction of sp³-hybridized carbons (Fsp3) is 0.115. The van der Waals surface area contributed by atoms with Crippen LogP contribution in [0.5, 0.6) is 0 Å². The van der Waals surface area contributed by atoms with Crippen LogP contribution in [0.25, 0.3) is 0 Å². The standard InChI is InChI=1S/C26H23FN2O5S/c27-22-9-11-23(12-10-22)29-35(31,32)25-8-2-6-21(15-25)26(30)28-16-19-4-1-5-20(14-19)17-33-18-24-7-3-13-34-24/h1-15,29H,16-18H2,(H,28,30). The molecular formula is C26H23FN2O5S. The van der Waals surface area contributed by atoms with E-state index in [9.17, 15) is 17.6 Å². The Balaban J connectivity index is 1.35. The first-order valence-electron chi connectivity index (χ1n) is 10.7. The summed E-state index contributed by atoms with van der Waals surface area (Å²) in [6, 6.07) is 21.9. The maximum atomic E-state index is 13.1. The molecule has 7 nitrogen and oxygen atoms in total. The second-order valence-corrected chi connectivity index (χ2v) is 9.40. The molecule has 0 fully saturated rings. The Morgan fingerprint density at radius 3 is 2.43 bits per heavy atom. The molecule has 1 amide bonds. The van der Waals surface area contributed by atoms with Crippen LogP contribution in [0, 0.1) is 5.82 Å². The smallest absolute Gasteiger partial charge is 0.261 e. The van der Waals surface area contributed by atoms with Gasteiger partial charge in [-0.1, -0.05) is 30.3 Å². The van der Waals surface area contributed by atoms with E-state index in [1.807, 2.05) is 30.3 Å². The summed E-state index contributed by atoms with van der Waals surface area (Å²) in [6.45, 7) is 1.02. The van der Waals surface area contributed by atoms with Gasteiger partial charge in [-0.3, -0.25) is 9.52 Å². The van der Waals surface area contributed by atoms with Crippen LogP contribution < -0.4 is 10.0 Å². The minimum Gasteiger partial charge on any atom is -0.467 e. The first kappa shape index (κ1) is 24.2. The molecule has 1 heterocycles. The number of anilines is 1. The number of hydrogen-bond acceptors (Lipinski definition) is 5. The molecule has 0 aliphatic rings. The summed E-state index contributed by atoms with van der Waals surface area (Å²) in [5, 5.41) is 2.80. The van der Waals surface area contributed by atoms with E-state index < -0.39 is 21.7 Å². The molecule has 0 saturated carbocycles. The van der Waals surface area contributed by atoms with Crippen LogP contribution in [-0.2, 0) is 34.5 Å². The average Bonchev–Trinajstić information content (AvgIpc) is 3.38. The lowest BCUT2D eigenvalue weighted by molar-refractivity contribution is 0.0928. The van der Waals surface area contributed by atoms with Crippen LogP contribution in [0.15, 0.2) is 101 Å². The summed E-state index contributed by atoms with van der Waals surface area (Å²) in [4.78, 5) is 12.6. The number of benzene rings is 3. The largest absolute Gasteiger partial charge is 0.467 e. The maximum Gasteiger partial charge on any atom is 0.261 e. The number of hydrogen-bond donors (Lipinski definition) is 2. The van der Waals surface area contributed by atoms with Crippen molar-refractivity contribution in [2.75, 3.05) is 4.72 Å². The van der Waals surface area contributed by atoms with Gasteiger partial charge in [0.25, 0.3) is 15.9 Å². The predicted molar refractivity (Wildman–Crippen MR) is 128 cm³/mol. The highest BCUT2D eigenvalue weighted by atomic mass is 32.2. The van der Waals surface area contributed by atoms with E-state index in [-0.39, 0.29) is 22.7 Å². The second kappa shape index (κ2) is 11.0. The van der Waals surface area contributed by atoms with E-state index in [4.69, 9.17) is 9.15 Å². The minimum atomic E-state index is -3.95. The predicted octanol–water partition coefficient (Wildman–Crippen LogP) is 4.87. The summed E-state index contributed by atoms with van der Waals surface area (Å²) in [6.07, 6.45) is 1.59. The lowest BCUT2D eigenvalue weighted by Crippen LogP contribution is -2.23. The third-order valence-corrected chi connectivity index (χ3v) is 6.42. The van der Waals surface area contributed by atoms with Crippen LogP contribution >= 0.6 is 0 Å². The minimum absolute atomic E-state index is 0.0785. The fourth-order valence-corrected chi connectivity index (χ4v) is 4.42. The average molecular weight is 495 g/mol. The Morgan fingerprint density at radius 1 is 0.886 bits per heavy atom. The topological polar surface area (TPSA) is 97.6 Å². The zero-order valence-corrected chi connectivity index (χ0v) is 19.4. The van der Waals surface area contributed by atoms with E-state index in [0.717, 1.165) is 29.0 Å².